The van der Waals surface area contributed by atoms with Crippen molar-refractivity contribution in [3.8, 4) is 17.2 Å². The van der Waals surface area contributed by atoms with Gasteiger partial charge in [-0.1, -0.05) is 22.8 Å². The molecule has 2 heterocycles. The van der Waals surface area contributed by atoms with E-state index < -0.39 is 17.3 Å². The highest BCUT2D eigenvalue weighted by atomic mass is 35.5. The number of morpholine rings is 1. The first-order valence-corrected chi connectivity index (χ1v) is 12.3. The normalized spacial score (nSPS) is 16.4. The zero-order valence-electron chi connectivity index (χ0n) is 21.0. The number of hydrogen-bond donors (Lipinski definition) is 0. The molecule has 2 aromatic carbocycles. The summed E-state index contributed by atoms with van der Waals surface area (Å²) in [6.07, 6.45) is -4.45. The summed E-state index contributed by atoms with van der Waals surface area (Å²) in [6, 6.07) is 9.74. The Morgan fingerprint density at radius 3 is 2.55 bits per heavy atom. The smallest absolute Gasteiger partial charge is 0.416 e. The molecule has 1 fully saturated rings. The van der Waals surface area contributed by atoms with Crippen LogP contribution in [0, 0.1) is 0 Å². The molecule has 0 N–H and O–H groups in total. The first-order valence-electron chi connectivity index (χ1n) is 11.9. The molecular weight excluding hydrogens is 527 g/mol. The van der Waals surface area contributed by atoms with Gasteiger partial charge in [0, 0.05) is 18.5 Å². The van der Waals surface area contributed by atoms with Crippen LogP contribution in [0.1, 0.15) is 37.7 Å². The number of benzene rings is 2. The van der Waals surface area contributed by atoms with Gasteiger partial charge in [-0.3, -0.25) is 0 Å². The Morgan fingerprint density at radius 2 is 1.89 bits per heavy atom. The lowest BCUT2D eigenvalue weighted by Gasteiger charge is -2.34. The monoisotopic (exact) mass is 553 g/mol. The van der Waals surface area contributed by atoms with Gasteiger partial charge < -0.3 is 23.6 Å². The lowest BCUT2D eigenvalue weighted by atomic mass is 10.1. The van der Waals surface area contributed by atoms with E-state index in [1.807, 2.05) is 26.8 Å². The van der Waals surface area contributed by atoms with Crippen molar-refractivity contribution >= 4 is 17.7 Å². The third-order valence-electron chi connectivity index (χ3n) is 5.53. The molecule has 38 heavy (non-hydrogen) atoms. The molecule has 0 saturated carbocycles. The fourth-order valence-corrected chi connectivity index (χ4v) is 4.02. The van der Waals surface area contributed by atoms with E-state index in [1.54, 1.807) is 17.0 Å². The average molecular weight is 554 g/mol. The number of carbonyl (C=O) groups is 1. The van der Waals surface area contributed by atoms with Crippen LogP contribution in [0.5, 0.6) is 5.75 Å². The van der Waals surface area contributed by atoms with Gasteiger partial charge in [-0.05, 0) is 62.7 Å². The molecule has 1 saturated heterocycles. The minimum Gasteiger partial charge on any atom is -0.484 e. The summed E-state index contributed by atoms with van der Waals surface area (Å²) >= 11 is 6.41. The van der Waals surface area contributed by atoms with E-state index in [-0.39, 0.29) is 30.5 Å². The Labute approximate surface area is 222 Å². The molecule has 3 aromatic rings. The van der Waals surface area contributed by atoms with E-state index in [4.69, 9.17) is 30.3 Å². The number of aromatic nitrogens is 2. The van der Waals surface area contributed by atoms with Crippen LogP contribution in [0.3, 0.4) is 0 Å². The van der Waals surface area contributed by atoms with Gasteiger partial charge in [0.25, 0.3) is 5.89 Å². The predicted molar refractivity (Wildman–Crippen MR) is 132 cm³/mol. The first kappa shape index (κ1) is 27.7. The second kappa shape index (κ2) is 11.2. The number of amides is 1. The predicted octanol–water partition coefficient (Wildman–Crippen LogP) is 6.17. The van der Waals surface area contributed by atoms with Crippen LogP contribution in [-0.2, 0) is 28.7 Å². The molecule has 1 amide bonds. The van der Waals surface area contributed by atoms with E-state index in [0.717, 1.165) is 17.7 Å². The summed E-state index contributed by atoms with van der Waals surface area (Å²) in [5.41, 5.74) is -0.0749. The number of rotatable bonds is 6. The van der Waals surface area contributed by atoms with Crippen LogP contribution in [0.15, 0.2) is 47.0 Å². The molecule has 1 aromatic heterocycles. The Hall–Kier alpha value is -3.31. The number of hydrogen-bond acceptors (Lipinski definition) is 7. The number of ether oxygens (including phenoxy) is 3. The molecule has 1 aliphatic heterocycles. The maximum absolute atomic E-state index is 12.8. The molecular formula is C26H27ClF3N3O5. The Bertz CT molecular complexity index is 1260. The van der Waals surface area contributed by atoms with E-state index in [1.165, 1.54) is 12.1 Å². The highest BCUT2D eigenvalue weighted by Crippen LogP contribution is 2.31. The highest BCUT2D eigenvalue weighted by molar-refractivity contribution is 6.32. The summed E-state index contributed by atoms with van der Waals surface area (Å²) in [7, 11) is 0. The standard InChI is InChI=1S/C26H27ClF3N3O5/c1-25(2,3)37-24(34)33-10-11-35-19(14-33)12-16-4-9-21(20(27)13-16)36-15-22-31-23(38-32-22)17-5-7-18(8-6-17)26(28,29)30/h4-9,13,19H,10-12,14-15H2,1-3H3. The van der Waals surface area contributed by atoms with Crippen molar-refractivity contribution in [1.29, 1.82) is 0 Å². The second-order valence-electron chi connectivity index (χ2n) is 9.77. The SMILES string of the molecule is CC(C)(C)OC(=O)N1CCOC(Cc2ccc(OCc3noc(-c4ccc(C(F)(F)F)cc4)n3)c(Cl)c2)C1. The first-order chi connectivity index (χ1) is 17.9. The molecule has 4 rings (SSSR count). The highest BCUT2D eigenvalue weighted by Gasteiger charge is 2.30. The van der Waals surface area contributed by atoms with E-state index in [2.05, 4.69) is 10.1 Å². The van der Waals surface area contributed by atoms with Crippen LogP contribution in [0.2, 0.25) is 5.02 Å². The van der Waals surface area contributed by atoms with Gasteiger partial charge in [0.2, 0.25) is 5.82 Å². The van der Waals surface area contributed by atoms with Gasteiger partial charge >= 0.3 is 12.3 Å². The lowest BCUT2D eigenvalue weighted by molar-refractivity contribution is -0.137. The van der Waals surface area contributed by atoms with Crippen molar-refractivity contribution in [1.82, 2.24) is 15.0 Å². The number of alkyl halides is 3. The largest absolute Gasteiger partial charge is 0.484 e. The zero-order chi connectivity index (χ0) is 27.5. The maximum atomic E-state index is 12.8. The van der Waals surface area contributed by atoms with Crippen LogP contribution in [-0.4, -0.2) is 52.5 Å². The van der Waals surface area contributed by atoms with Crippen LogP contribution in [0.4, 0.5) is 18.0 Å². The van der Waals surface area contributed by atoms with Crippen molar-refractivity contribution in [2.24, 2.45) is 0 Å². The zero-order valence-corrected chi connectivity index (χ0v) is 21.8. The van der Waals surface area contributed by atoms with E-state index in [0.29, 0.717) is 42.5 Å². The van der Waals surface area contributed by atoms with Crippen LogP contribution in [0.25, 0.3) is 11.5 Å². The van der Waals surface area contributed by atoms with Crippen molar-refractivity contribution in [2.45, 2.75) is 51.7 Å². The molecule has 204 valence electrons. The van der Waals surface area contributed by atoms with Gasteiger partial charge in [-0.2, -0.15) is 18.2 Å². The minimum absolute atomic E-state index is 0.0558. The minimum atomic E-state index is -4.43. The topological polar surface area (TPSA) is 86.9 Å². The summed E-state index contributed by atoms with van der Waals surface area (Å²) in [4.78, 5) is 18.2. The number of carbonyl (C=O) groups excluding carboxylic acids is 1. The summed E-state index contributed by atoms with van der Waals surface area (Å²) < 4.78 is 60.4. The van der Waals surface area contributed by atoms with Gasteiger partial charge in [-0.15, -0.1) is 0 Å². The molecule has 0 aliphatic carbocycles. The third-order valence-corrected chi connectivity index (χ3v) is 5.83. The van der Waals surface area contributed by atoms with Gasteiger partial charge in [0.15, 0.2) is 6.61 Å². The van der Waals surface area contributed by atoms with Crippen LogP contribution < -0.4 is 4.74 Å². The van der Waals surface area contributed by atoms with Gasteiger partial charge in [0.05, 0.1) is 29.8 Å². The summed E-state index contributed by atoms with van der Waals surface area (Å²) in [5.74, 6) is 0.681. The second-order valence-corrected chi connectivity index (χ2v) is 10.2. The van der Waals surface area contributed by atoms with E-state index >= 15 is 0 Å². The van der Waals surface area contributed by atoms with Crippen molar-refractivity contribution in [3.63, 3.8) is 0 Å². The van der Waals surface area contributed by atoms with Crippen LogP contribution >= 0.6 is 11.6 Å². The maximum Gasteiger partial charge on any atom is 0.416 e. The van der Waals surface area contributed by atoms with Gasteiger partial charge in [-0.25, -0.2) is 4.79 Å². The molecule has 1 unspecified atom stereocenters. The van der Waals surface area contributed by atoms with Gasteiger partial charge in [0.1, 0.15) is 11.4 Å². The molecule has 0 radical (unpaired) electrons. The molecule has 0 spiro atoms. The van der Waals surface area contributed by atoms with E-state index in [9.17, 15) is 18.0 Å². The number of nitrogens with zero attached hydrogens (tertiary/aromatic N) is 3. The molecule has 12 heteroatoms. The fraction of sp³-hybridized carbons (Fsp3) is 0.423. The van der Waals surface area contributed by atoms with Crippen molar-refractivity contribution in [2.75, 3.05) is 19.7 Å². The summed E-state index contributed by atoms with van der Waals surface area (Å²) in [5, 5.41) is 4.18. The van der Waals surface area contributed by atoms with Crippen molar-refractivity contribution in [3.05, 3.63) is 64.4 Å². The molecule has 8 nitrogen and oxygen atoms in total. The molecule has 0 bridgehead atoms. The Morgan fingerprint density at radius 1 is 1.16 bits per heavy atom. The average Bonchev–Trinajstić information content (AvgIpc) is 3.31. The Kier molecular flexibility index (Phi) is 8.17. The molecule has 1 aliphatic rings. The Balaban J connectivity index is 1.32. The third kappa shape index (κ3) is 7.38. The quantitative estimate of drug-likeness (QED) is 0.361. The lowest BCUT2D eigenvalue weighted by Crippen LogP contribution is -2.48. The fourth-order valence-electron chi connectivity index (χ4n) is 3.76. The number of halogens is 4. The van der Waals surface area contributed by atoms with Crippen molar-refractivity contribution < 1.29 is 36.7 Å². The summed E-state index contributed by atoms with van der Waals surface area (Å²) in [6.45, 7) is 6.71. The molecule has 1 atom stereocenters.